The molecule has 1 aromatic carbocycles. The van der Waals surface area contributed by atoms with Gasteiger partial charge < -0.3 is 10.6 Å². The van der Waals surface area contributed by atoms with Crippen molar-refractivity contribution in [3.63, 3.8) is 0 Å². The van der Waals surface area contributed by atoms with Gasteiger partial charge in [0.2, 0.25) is 0 Å². The fraction of sp³-hybridized carbons (Fsp3) is 0.333. The zero-order valence-corrected chi connectivity index (χ0v) is 18.8. The van der Waals surface area contributed by atoms with Crippen LogP contribution < -0.4 is 10.6 Å². The van der Waals surface area contributed by atoms with Gasteiger partial charge in [-0.05, 0) is 36.2 Å². The zero-order valence-electron chi connectivity index (χ0n) is 16.5. The van der Waals surface area contributed by atoms with E-state index in [2.05, 4.69) is 22.7 Å². The second-order valence-corrected chi connectivity index (χ2v) is 9.62. The van der Waals surface area contributed by atoms with E-state index in [0.29, 0.717) is 32.0 Å². The average Bonchev–Trinajstić information content (AvgIpc) is 3.23. The van der Waals surface area contributed by atoms with Crippen LogP contribution in [0.25, 0.3) is 11.3 Å². The summed E-state index contributed by atoms with van der Waals surface area (Å²) in [5.74, 6) is -0.242. The van der Waals surface area contributed by atoms with Crippen LogP contribution in [0.5, 0.6) is 0 Å². The Labute approximate surface area is 188 Å². The van der Waals surface area contributed by atoms with Crippen molar-refractivity contribution >= 4 is 40.4 Å². The molecule has 158 valence electrons. The molecule has 0 radical (unpaired) electrons. The number of nitrogens with zero attached hydrogens (tertiary/aromatic N) is 2. The number of piperidine rings is 1. The highest BCUT2D eigenvalue weighted by Gasteiger charge is 2.33. The van der Waals surface area contributed by atoms with Crippen LogP contribution in [-0.4, -0.2) is 34.8 Å². The van der Waals surface area contributed by atoms with Gasteiger partial charge in [-0.1, -0.05) is 42.3 Å². The largest absolute Gasteiger partial charge is 0.347 e. The number of aryl methyl sites for hydroxylation is 1. The first-order valence-corrected chi connectivity index (χ1v) is 11.2. The lowest BCUT2D eigenvalue weighted by atomic mass is 9.79. The lowest BCUT2D eigenvalue weighted by molar-refractivity contribution is 0.0920. The second kappa shape index (κ2) is 8.67. The number of halogens is 3. The van der Waals surface area contributed by atoms with Gasteiger partial charge in [-0.15, -0.1) is 11.3 Å². The molecule has 1 amide bonds. The number of amides is 1. The Balaban J connectivity index is 1.59. The quantitative estimate of drug-likeness (QED) is 0.584. The Hall–Kier alpha value is -1.93. The lowest BCUT2D eigenvalue weighted by Gasteiger charge is -2.37. The van der Waals surface area contributed by atoms with Crippen LogP contribution in [0.1, 0.15) is 28.1 Å². The number of thiophene rings is 1. The molecule has 3 aromatic rings. The molecule has 0 bridgehead atoms. The van der Waals surface area contributed by atoms with Crippen LogP contribution in [0.3, 0.4) is 0 Å². The molecule has 5 nitrogen and oxygen atoms in total. The van der Waals surface area contributed by atoms with E-state index in [1.165, 1.54) is 17.4 Å². The molecule has 0 aliphatic carbocycles. The van der Waals surface area contributed by atoms with Crippen LogP contribution >= 0.6 is 34.5 Å². The summed E-state index contributed by atoms with van der Waals surface area (Å²) < 4.78 is 15.9. The van der Waals surface area contributed by atoms with Crippen molar-refractivity contribution < 1.29 is 9.18 Å². The Morgan fingerprint density at radius 1 is 1.33 bits per heavy atom. The number of hydrogen-bond acceptors (Lipinski definition) is 4. The number of benzene rings is 1. The predicted octanol–water partition coefficient (Wildman–Crippen LogP) is 4.72. The van der Waals surface area contributed by atoms with E-state index in [9.17, 15) is 9.18 Å². The maximum Gasteiger partial charge on any atom is 0.261 e. The molecule has 0 unspecified atom stereocenters. The highest BCUT2D eigenvalue weighted by atomic mass is 35.5. The minimum Gasteiger partial charge on any atom is -0.347 e. The molecule has 1 saturated heterocycles. The standard InChI is InChI=1S/C21H21Cl2FN4OS/c1-11-8-25-10-16(18(11)12-4-3-5-13(24)6-12)27-21(29)17-7-14(20(23)30-17)19-15(22)9-26-28(19)2/h3-7,9,11,16,18,25H,8,10H2,1-2H3,(H,27,29)/t11-,16+,18-/m0/s1. The van der Waals surface area contributed by atoms with Gasteiger partial charge >= 0.3 is 0 Å². The molecule has 0 saturated carbocycles. The Morgan fingerprint density at radius 3 is 2.83 bits per heavy atom. The second-order valence-electron chi connectivity index (χ2n) is 7.56. The molecule has 4 rings (SSSR count). The van der Waals surface area contributed by atoms with E-state index in [4.69, 9.17) is 23.2 Å². The fourth-order valence-corrected chi connectivity index (χ4v) is 5.58. The molecule has 1 fully saturated rings. The van der Waals surface area contributed by atoms with Gasteiger partial charge in [0, 0.05) is 31.1 Å². The van der Waals surface area contributed by atoms with E-state index in [1.807, 2.05) is 6.07 Å². The molecule has 1 aliphatic heterocycles. The van der Waals surface area contributed by atoms with Crippen molar-refractivity contribution in [3.8, 4) is 11.3 Å². The van der Waals surface area contributed by atoms with Gasteiger partial charge in [0.1, 0.15) is 10.2 Å². The van der Waals surface area contributed by atoms with Gasteiger partial charge in [-0.25, -0.2) is 4.39 Å². The minimum absolute atomic E-state index is 0.00678. The first-order chi connectivity index (χ1) is 14.3. The van der Waals surface area contributed by atoms with Crippen LogP contribution in [0.15, 0.2) is 36.5 Å². The van der Waals surface area contributed by atoms with Gasteiger partial charge in [0.15, 0.2) is 0 Å². The first kappa shape index (κ1) is 21.3. The van der Waals surface area contributed by atoms with Crippen molar-refractivity contribution in [2.75, 3.05) is 13.1 Å². The topological polar surface area (TPSA) is 58.9 Å². The number of carbonyl (C=O) groups is 1. The van der Waals surface area contributed by atoms with Crippen LogP contribution in [0, 0.1) is 11.7 Å². The lowest BCUT2D eigenvalue weighted by Crippen LogP contribution is -2.53. The van der Waals surface area contributed by atoms with E-state index in [1.54, 1.807) is 36.1 Å². The van der Waals surface area contributed by atoms with E-state index >= 15 is 0 Å². The molecular formula is C21H21Cl2FN4OS. The number of hydrogen-bond donors (Lipinski definition) is 2. The van der Waals surface area contributed by atoms with E-state index in [-0.39, 0.29) is 29.6 Å². The van der Waals surface area contributed by atoms with Crippen LogP contribution in [0.2, 0.25) is 9.36 Å². The average molecular weight is 467 g/mol. The molecule has 2 N–H and O–H groups in total. The summed E-state index contributed by atoms with van der Waals surface area (Å²) in [5, 5.41) is 11.1. The van der Waals surface area contributed by atoms with Gasteiger partial charge in [0.25, 0.3) is 5.91 Å². The van der Waals surface area contributed by atoms with Gasteiger partial charge in [-0.2, -0.15) is 5.10 Å². The molecule has 3 heterocycles. The van der Waals surface area contributed by atoms with Crippen molar-refractivity contribution in [1.82, 2.24) is 20.4 Å². The zero-order chi connectivity index (χ0) is 21.4. The smallest absolute Gasteiger partial charge is 0.261 e. The summed E-state index contributed by atoms with van der Waals surface area (Å²) in [6, 6.07) is 8.17. The number of carbonyl (C=O) groups excluding carboxylic acids is 1. The van der Waals surface area contributed by atoms with E-state index < -0.39 is 0 Å². The van der Waals surface area contributed by atoms with Crippen molar-refractivity contribution in [2.24, 2.45) is 13.0 Å². The summed E-state index contributed by atoms with van der Waals surface area (Å²) in [5.41, 5.74) is 2.23. The van der Waals surface area contributed by atoms with Crippen molar-refractivity contribution in [2.45, 2.75) is 18.9 Å². The molecule has 1 aliphatic rings. The van der Waals surface area contributed by atoms with Crippen LogP contribution in [-0.2, 0) is 7.05 Å². The molecule has 9 heteroatoms. The minimum atomic E-state index is -0.272. The van der Waals surface area contributed by atoms with Gasteiger partial charge in [0.05, 0.1) is 21.8 Å². The Morgan fingerprint density at radius 2 is 2.13 bits per heavy atom. The highest BCUT2D eigenvalue weighted by molar-refractivity contribution is 7.18. The maximum atomic E-state index is 13.8. The van der Waals surface area contributed by atoms with Gasteiger partial charge in [-0.3, -0.25) is 9.48 Å². The number of rotatable bonds is 4. The third-order valence-electron chi connectivity index (χ3n) is 5.49. The predicted molar refractivity (Wildman–Crippen MR) is 119 cm³/mol. The molecule has 3 atom stereocenters. The summed E-state index contributed by atoms with van der Waals surface area (Å²) in [4.78, 5) is 13.5. The maximum absolute atomic E-state index is 13.8. The Kier molecular flexibility index (Phi) is 6.16. The van der Waals surface area contributed by atoms with E-state index in [0.717, 1.165) is 12.1 Å². The summed E-state index contributed by atoms with van der Waals surface area (Å²) >= 11 is 13.9. The highest BCUT2D eigenvalue weighted by Crippen LogP contribution is 2.39. The molecule has 2 aromatic heterocycles. The summed E-state index contributed by atoms with van der Waals surface area (Å²) in [6.45, 7) is 3.52. The monoisotopic (exact) mass is 466 g/mol. The SMILES string of the molecule is C[C@H]1CNC[C@@H](NC(=O)c2cc(-c3c(Cl)cnn3C)c(Cl)s2)[C@@H]1c1cccc(F)c1. The third-order valence-corrected chi connectivity index (χ3v) is 7.12. The third kappa shape index (κ3) is 4.12. The van der Waals surface area contributed by atoms with Crippen LogP contribution in [0.4, 0.5) is 4.39 Å². The number of aromatic nitrogens is 2. The van der Waals surface area contributed by atoms with Crippen molar-refractivity contribution in [1.29, 1.82) is 0 Å². The summed E-state index contributed by atoms with van der Waals surface area (Å²) in [6.07, 6.45) is 1.54. The number of nitrogens with one attached hydrogen (secondary N) is 2. The first-order valence-electron chi connectivity index (χ1n) is 9.59. The van der Waals surface area contributed by atoms with Crippen molar-refractivity contribution in [3.05, 3.63) is 62.1 Å². The molecule has 30 heavy (non-hydrogen) atoms. The summed E-state index contributed by atoms with van der Waals surface area (Å²) in [7, 11) is 1.77. The normalized spacial score (nSPS) is 21.6. The molecular weight excluding hydrogens is 446 g/mol. The fourth-order valence-electron chi connectivity index (χ4n) is 4.13. The Bertz CT molecular complexity index is 1060. The molecule has 0 spiro atoms.